The highest BCUT2D eigenvalue weighted by atomic mass is 35.5. The van der Waals surface area contributed by atoms with Crippen LogP contribution >= 0.6 is 12.4 Å². The molecule has 2 atom stereocenters. The van der Waals surface area contributed by atoms with Crippen molar-refractivity contribution in [2.24, 2.45) is 13.0 Å². The second-order valence-corrected chi connectivity index (χ2v) is 6.30. The average Bonchev–Trinajstić information content (AvgIpc) is 3.05. The van der Waals surface area contributed by atoms with E-state index >= 15 is 0 Å². The van der Waals surface area contributed by atoms with Crippen LogP contribution in [0, 0.1) is 5.92 Å². The van der Waals surface area contributed by atoms with E-state index in [-0.39, 0.29) is 24.2 Å². The number of aryl methyl sites for hydroxylation is 1. The molecule has 0 radical (unpaired) electrons. The molecule has 7 heteroatoms. The van der Waals surface area contributed by atoms with E-state index in [0.717, 1.165) is 45.7 Å². The Morgan fingerprint density at radius 1 is 1.23 bits per heavy atom. The van der Waals surface area contributed by atoms with E-state index in [1.165, 1.54) is 5.56 Å². The van der Waals surface area contributed by atoms with Crippen molar-refractivity contribution in [2.45, 2.75) is 12.3 Å². The molecule has 1 aromatic heterocycles. The first-order chi connectivity index (χ1) is 10.1. The molecule has 0 spiro atoms. The third-order valence-corrected chi connectivity index (χ3v) is 4.72. The fraction of sp³-hybridized carbons (Fsp3) is 0.733. The Labute approximate surface area is 138 Å². The Morgan fingerprint density at radius 2 is 2.05 bits per heavy atom. The van der Waals surface area contributed by atoms with Crippen LogP contribution in [0.3, 0.4) is 0 Å². The van der Waals surface area contributed by atoms with E-state index in [4.69, 9.17) is 0 Å². The summed E-state index contributed by atoms with van der Waals surface area (Å²) in [6.07, 6.45) is 5.00. The molecule has 2 aliphatic heterocycles. The molecule has 2 fully saturated rings. The number of aromatic nitrogens is 2. The lowest BCUT2D eigenvalue weighted by Gasteiger charge is -2.26. The highest BCUT2D eigenvalue weighted by molar-refractivity contribution is 5.85. The predicted octanol–water partition coefficient (Wildman–Crippen LogP) is 0.309. The molecule has 6 nitrogen and oxygen atoms in total. The standard InChI is InChI=1S/C15H25N5O.ClH/c1-18-4-3-5-20(7-6-18)15(21)14-10-16-9-13(14)12-8-17-19(2)11-12;/h8,11,13-14,16H,3-7,9-10H2,1-2H3;1H/t13-,14+;/m1./s1. The topological polar surface area (TPSA) is 53.4 Å². The second kappa shape index (κ2) is 7.44. The van der Waals surface area contributed by atoms with Gasteiger partial charge in [-0.15, -0.1) is 12.4 Å². The van der Waals surface area contributed by atoms with Gasteiger partial charge in [-0.1, -0.05) is 0 Å². The van der Waals surface area contributed by atoms with Crippen molar-refractivity contribution in [1.29, 1.82) is 0 Å². The zero-order valence-electron chi connectivity index (χ0n) is 13.4. The molecule has 124 valence electrons. The van der Waals surface area contributed by atoms with Gasteiger partial charge < -0.3 is 15.1 Å². The lowest BCUT2D eigenvalue weighted by molar-refractivity contribution is -0.135. The first-order valence-corrected chi connectivity index (χ1v) is 7.82. The van der Waals surface area contributed by atoms with Gasteiger partial charge in [0.25, 0.3) is 0 Å². The quantitative estimate of drug-likeness (QED) is 0.849. The van der Waals surface area contributed by atoms with E-state index in [1.54, 1.807) is 0 Å². The van der Waals surface area contributed by atoms with Crippen LogP contribution in [0.5, 0.6) is 0 Å². The number of nitrogens with one attached hydrogen (secondary N) is 1. The first-order valence-electron chi connectivity index (χ1n) is 7.82. The maximum Gasteiger partial charge on any atom is 0.227 e. The fourth-order valence-electron chi connectivity index (χ4n) is 3.42. The number of halogens is 1. The Kier molecular flexibility index (Phi) is 5.83. The van der Waals surface area contributed by atoms with Gasteiger partial charge in [0.15, 0.2) is 0 Å². The third-order valence-electron chi connectivity index (χ3n) is 4.72. The van der Waals surface area contributed by atoms with Crippen LogP contribution in [-0.2, 0) is 11.8 Å². The van der Waals surface area contributed by atoms with Crippen molar-refractivity contribution >= 4 is 18.3 Å². The smallest absolute Gasteiger partial charge is 0.227 e. The van der Waals surface area contributed by atoms with Crippen LogP contribution in [-0.4, -0.2) is 71.8 Å². The van der Waals surface area contributed by atoms with E-state index < -0.39 is 0 Å². The number of hydrogen-bond donors (Lipinski definition) is 1. The van der Waals surface area contributed by atoms with E-state index in [2.05, 4.69) is 27.3 Å². The molecule has 1 amide bonds. The number of nitrogens with zero attached hydrogens (tertiary/aromatic N) is 4. The molecule has 0 aromatic carbocycles. The summed E-state index contributed by atoms with van der Waals surface area (Å²) in [5, 5.41) is 7.63. The number of hydrogen-bond acceptors (Lipinski definition) is 4. The van der Waals surface area contributed by atoms with Crippen LogP contribution in [0.4, 0.5) is 0 Å². The molecule has 1 N–H and O–H groups in total. The Bertz CT molecular complexity index is 506. The van der Waals surface area contributed by atoms with Gasteiger partial charge in [0.1, 0.15) is 0 Å². The molecule has 2 saturated heterocycles. The van der Waals surface area contributed by atoms with Crippen molar-refractivity contribution in [3.63, 3.8) is 0 Å². The second-order valence-electron chi connectivity index (χ2n) is 6.30. The zero-order chi connectivity index (χ0) is 14.8. The molecule has 22 heavy (non-hydrogen) atoms. The van der Waals surface area contributed by atoms with Crippen LogP contribution < -0.4 is 5.32 Å². The summed E-state index contributed by atoms with van der Waals surface area (Å²) < 4.78 is 1.82. The van der Waals surface area contributed by atoms with E-state index in [0.29, 0.717) is 5.91 Å². The summed E-state index contributed by atoms with van der Waals surface area (Å²) in [5.74, 6) is 0.619. The highest BCUT2D eigenvalue weighted by Gasteiger charge is 2.37. The SMILES string of the molecule is CN1CCCN(C(=O)[C@H]2CNC[C@@H]2c2cnn(C)c2)CC1.Cl. The van der Waals surface area contributed by atoms with Gasteiger partial charge in [-0.3, -0.25) is 9.48 Å². The summed E-state index contributed by atoms with van der Waals surface area (Å²) in [6, 6.07) is 0. The Morgan fingerprint density at radius 3 is 2.77 bits per heavy atom. The molecular formula is C15H26ClN5O. The van der Waals surface area contributed by atoms with Crippen molar-refractivity contribution in [3.05, 3.63) is 18.0 Å². The van der Waals surface area contributed by atoms with Crippen molar-refractivity contribution in [3.8, 4) is 0 Å². The Balaban J connectivity index is 0.00000176. The maximum atomic E-state index is 12.9. The maximum absolute atomic E-state index is 12.9. The highest BCUT2D eigenvalue weighted by Crippen LogP contribution is 2.29. The lowest BCUT2D eigenvalue weighted by atomic mass is 9.89. The van der Waals surface area contributed by atoms with Gasteiger partial charge in [-0.25, -0.2) is 0 Å². The summed E-state index contributed by atoms with van der Waals surface area (Å²) in [4.78, 5) is 17.3. The van der Waals surface area contributed by atoms with Crippen molar-refractivity contribution in [1.82, 2.24) is 24.9 Å². The monoisotopic (exact) mass is 327 g/mol. The minimum Gasteiger partial charge on any atom is -0.341 e. The summed E-state index contributed by atoms with van der Waals surface area (Å²) in [7, 11) is 4.05. The van der Waals surface area contributed by atoms with Crippen LogP contribution in [0.15, 0.2) is 12.4 Å². The molecular weight excluding hydrogens is 302 g/mol. The van der Waals surface area contributed by atoms with Gasteiger partial charge >= 0.3 is 0 Å². The van der Waals surface area contributed by atoms with Crippen LogP contribution in [0.25, 0.3) is 0 Å². The number of amides is 1. The van der Waals surface area contributed by atoms with Crippen molar-refractivity contribution < 1.29 is 4.79 Å². The molecule has 1 aromatic rings. The van der Waals surface area contributed by atoms with E-state index in [1.807, 2.05) is 24.1 Å². The molecule has 3 heterocycles. The van der Waals surface area contributed by atoms with Gasteiger partial charge in [-0.2, -0.15) is 5.10 Å². The molecule has 0 unspecified atom stereocenters. The molecule has 3 rings (SSSR count). The number of carbonyl (C=O) groups is 1. The van der Waals surface area contributed by atoms with Crippen molar-refractivity contribution in [2.75, 3.05) is 46.3 Å². The lowest BCUT2D eigenvalue weighted by Crippen LogP contribution is -2.40. The minimum absolute atomic E-state index is 0. The minimum atomic E-state index is 0. The molecule has 0 aliphatic carbocycles. The molecule has 2 aliphatic rings. The summed E-state index contributed by atoms with van der Waals surface area (Å²) in [5.41, 5.74) is 1.17. The fourth-order valence-corrected chi connectivity index (χ4v) is 3.42. The number of rotatable bonds is 2. The van der Waals surface area contributed by atoms with Gasteiger partial charge in [0.2, 0.25) is 5.91 Å². The van der Waals surface area contributed by atoms with Gasteiger partial charge in [0, 0.05) is 51.9 Å². The first kappa shape index (κ1) is 17.2. The molecule has 0 bridgehead atoms. The van der Waals surface area contributed by atoms with Gasteiger partial charge in [0.05, 0.1) is 12.1 Å². The van der Waals surface area contributed by atoms with E-state index in [9.17, 15) is 4.79 Å². The predicted molar refractivity (Wildman–Crippen MR) is 88.3 cm³/mol. The summed E-state index contributed by atoms with van der Waals surface area (Å²) >= 11 is 0. The normalized spacial score (nSPS) is 26.5. The van der Waals surface area contributed by atoms with Gasteiger partial charge in [-0.05, 0) is 25.6 Å². The Hall–Kier alpha value is -1.11. The zero-order valence-corrected chi connectivity index (χ0v) is 14.2. The molecule has 0 saturated carbocycles. The summed E-state index contributed by atoms with van der Waals surface area (Å²) in [6.45, 7) is 5.45. The number of carbonyl (C=O) groups excluding carboxylic acids is 1. The third kappa shape index (κ3) is 3.62. The van der Waals surface area contributed by atoms with Crippen LogP contribution in [0.1, 0.15) is 17.9 Å². The van der Waals surface area contributed by atoms with Crippen LogP contribution in [0.2, 0.25) is 0 Å². The average molecular weight is 328 g/mol. The number of likely N-dealkylation sites (N-methyl/N-ethyl adjacent to an activating group) is 1. The largest absolute Gasteiger partial charge is 0.341 e.